The molecule has 1 aromatic carbocycles. The number of benzene rings is 1. The van der Waals surface area contributed by atoms with E-state index in [2.05, 4.69) is 5.32 Å². The van der Waals surface area contributed by atoms with Gasteiger partial charge in [0.1, 0.15) is 5.75 Å². The molecule has 0 unspecified atom stereocenters. The van der Waals surface area contributed by atoms with E-state index in [1.165, 1.54) is 6.92 Å². The molecule has 1 aromatic rings. The fraction of sp³-hybridized carbons (Fsp3) is 0.364. The molecule has 6 heteroatoms. The van der Waals surface area contributed by atoms with Crippen molar-refractivity contribution < 1.29 is 9.53 Å². The van der Waals surface area contributed by atoms with Crippen LogP contribution in [0, 0.1) is 0 Å². The molecule has 0 radical (unpaired) electrons. The van der Waals surface area contributed by atoms with Gasteiger partial charge in [0, 0.05) is 29.8 Å². The molecule has 5 N–H and O–H groups in total. The average molecular weight is 255 g/mol. The first kappa shape index (κ1) is 13.5. The maximum Gasteiger partial charge on any atom is 0.216 e. The first-order valence-electron chi connectivity index (χ1n) is 5.14. The summed E-state index contributed by atoms with van der Waals surface area (Å²) in [7, 11) is 1.56. The van der Waals surface area contributed by atoms with Crippen molar-refractivity contribution in [3.05, 3.63) is 12.1 Å². The maximum absolute atomic E-state index is 10.7. The highest BCUT2D eigenvalue weighted by molar-refractivity contribution is 7.99. The molecule has 0 heterocycles. The number of hydrogen-bond acceptors (Lipinski definition) is 5. The molecule has 0 bridgehead atoms. The Hall–Kier alpha value is -1.56. The quantitative estimate of drug-likeness (QED) is 0.416. The number of hydrogen-bond donors (Lipinski definition) is 3. The molecule has 94 valence electrons. The van der Waals surface area contributed by atoms with Crippen LogP contribution >= 0.6 is 11.8 Å². The SMILES string of the molecule is COc1cc(SCCNC(C)=O)c(N)cc1N. The molecule has 0 saturated carbocycles. The molecule has 5 nitrogen and oxygen atoms in total. The van der Waals surface area contributed by atoms with E-state index in [-0.39, 0.29) is 5.91 Å². The van der Waals surface area contributed by atoms with E-state index >= 15 is 0 Å². The molecule has 1 rings (SSSR count). The van der Waals surface area contributed by atoms with Gasteiger partial charge >= 0.3 is 0 Å². The number of ether oxygens (including phenoxy) is 1. The average Bonchev–Trinajstić information content (AvgIpc) is 2.26. The highest BCUT2D eigenvalue weighted by atomic mass is 32.2. The number of carbonyl (C=O) groups is 1. The predicted octanol–water partition coefficient (Wildman–Crippen LogP) is 1.09. The number of methoxy groups -OCH3 is 1. The van der Waals surface area contributed by atoms with Crippen molar-refractivity contribution in [2.24, 2.45) is 0 Å². The highest BCUT2D eigenvalue weighted by Crippen LogP contribution is 2.33. The lowest BCUT2D eigenvalue weighted by Crippen LogP contribution is -2.22. The van der Waals surface area contributed by atoms with Crippen molar-refractivity contribution in [1.82, 2.24) is 5.32 Å². The topological polar surface area (TPSA) is 90.4 Å². The van der Waals surface area contributed by atoms with Gasteiger partial charge in [0.2, 0.25) is 5.91 Å². The summed E-state index contributed by atoms with van der Waals surface area (Å²) < 4.78 is 5.12. The molecule has 0 aliphatic heterocycles. The molecular formula is C11H17N3O2S. The second-order valence-corrected chi connectivity index (χ2v) is 4.60. The van der Waals surface area contributed by atoms with Crippen molar-refractivity contribution in [2.45, 2.75) is 11.8 Å². The molecule has 1 amide bonds. The Bertz CT molecular complexity index is 410. The van der Waals surface area contributed by atoms with E-state index in [1.54, 1.807) is 24.9 Å². The molecule has 0 atom stereocenters. The first-order valence-corrected chi connectivity index (χ1v) is 6.13. The van der Waals surface area contributed by atoms with Crippen LogP contribution in [0.5, 0.6) is 5.75 Å². The Balaban J connectivity index is 2.61. The summed E-state index contributed by atoms with van der Waals surface area (Å²) in [5.41, 5.74) is 12.7. The number of nitrogens with two attached hydrogens (primary N) is 2. The monoisotopic (exact) mass is 255 g/mol. The summed E-state index contributed by atoms with van der Waals surface area (Å²) >= 11 is 1.55. The summed E-state index contributed by atoms with van der Waals surface area (Å²) in [5.74, 6) is 1.33. The van der Waals surface area contributed by atoms with Gasteiger partial charge in [0.05, 0.1) is 12.8 Å². The van der Waals surface area contributed by atoms with Crippen molar-refractivity contribution in [1.29, 1.82) is 0 Å². The molecule has 0 saturated heterocycles. The van der Waals surface area contributed by atoms with Crippen LogP contribution in [0.25, 0.3) is 0 Å². The molecular weight excluding hydrogens is 238 g/mol. The zero-order valence-corrected chi connectivity index (χ0v) is 10.8. The van der Waals surface area contributed by atoms with Gasteiger partial charge in [-0.2, -0.15) is 0 Å². The molecule has 0 aliphatic carbocycles. The lowest BCUT2D eigenvalue weighted by Gasteiger charge is -2.10. The van der Waals surface area contributed by atoms with Gasteiger partial charge in [-0.25, -0.2) is 0 Å². The Labute approximate surface area is 105 Å². The molecule has 17 heavy (non-hydrogen) atoms. The maximum atomic E-state index is 10.7. The highest BCUT2D eigenvalue weighted by Gasteiger charge is 2.06. The van der Waals surface area contributed by atoms with E-state index < -0.39 is 0 Å². The van der Waals surface area contributed by atoms with Crippen LogP contribution < -0.4 is 21.5 Å². The predicted molar refractivity (Wildman–Crippen MR) is 71.2 cm³/mol. The number of amides is 1. The van der Waals surface area contributed by atoms with Crippen LogP contribution in [0.15, 0.2) is 17.0 Å². The van der Waals surface area contributed by atoms with Crippen LogP contribution in [-0.2, 0) is 4.79 Å². The van der Waals surface area contributed by atoms with Crippen LogP contribution in [-0.4, -0.2) is 25.3 Å². The van der Waals surface area contributed by atoms with Crippen molar-refractivity contribution in [3.8, 4) is 5.75 Å². The Morgan fingerprint density at radius 2 is 2.12 bits per heavy atom. The number of thioether (sulfide) groups is 1. The lowest BCUT2D eigenvalue weighted by molar-refractivity contribution is -0.118. The summed E-state index contributed by atoms with van der Waals surface area (Å²) in [5, 5.41) is 2.72. The van der Waals surface area contributed by atoms with E-state index in [0.29, 0.717) is 23.7 Å². The fourth-order valence-corrected chi connectivity index (χ4v) is 2.13. The number of carbonyl (C=O) groups excluding carboxylic acids is 1. The van der Waals surface area contributed by atoms with Crippen LogP contribution in [0.1, 0.15) is 6.92 Å². The Kier molecular flexibility index (Phi) is 4.96. The van der Waals surface area contributed by atoms with Crippen molar-refractivity contribution >= 4 is 29.0 Å². The van der Waals surface area contributed by atoms with Crippen molar-refractivity contribution in [2.75, 3.05) is 30.9 Å². The first-order chi connectivity index (χ1) is 8.04. The molecule has 0 aromatic heterocycles. The summed E-state index contributed by atoms with van der Waals surface area (Å²) in [6.07, 6.45) is 0. The summed E-state index contributed by atoms with van der Waals surface area (Å²) in [4.78, 5) is 11.6. The van der Waals surface area contributed by atoms with Crippen LogP contribution in [0.2, 0.25) is 0 Å². The third-order valence-corrected chi connectivity index (χ3v) is 3.17. The van der Waals surface area contributed by atoms with Crippen molar-refractivity contribution in [3.63, 3.8) is 0 Å². The zero-order valence-electron chi connectivity index (χ0n) is 9.95. The second-order valence-electron chi connectivity index (χ2n) is 3.46. The fourth-order valence-electron chi connectivity index (χ4n) is 1.29. The van der Waals surface area contributed by atoms with E-state index in [1.807, 2.05) is 6.07 Å². The van der Waals surface area contributed by atoms with Gasteiger partial charge in [-0.05, 0) is 12.1 Å². The van der Waals surface area contributed by atoms with Gasteiger partial charge in [-0.15, -0.1) is 11.8 Å². The molecule has 0 spiro atoms. The minimum atomic E-state index is -0.0338. The van der Waals surface area contributed by atoms with Crippen LogP contribution in [0.4, 0.5) is 11.4 Å². The van der Waals surface area contributed by atoms with E-state index in [9.17, 15) is 4.79 Å². The Morgan fingerprint density at radius 1 is 1.41 bits per heavy atom. The second kappa shape index (κ2) is 6.24. The number of rotatable bonds is 5. The number of anilines is 2. The van der Waals surface area contributed by atoms with E-state index in [4.69, 9.17) is 16.2 Å². The minimum Gasteiger partial charge on any atom is -0.495 e. The summed E-state index contributed by atoms with van der Waals surface area (Å²) in [6.45, 7) is 2.09. The molecule has 0 fully saturated rings. The minimum absolute atomic E-state index is 0.0338. The number of nitrogens with one attached hydrogen (secondary N) is 1. The third kappa shape index (κ3) is 4.07. The third-order valence-electron chi connectivity index (χ3n) is 2.10. The molecule has 0 aliphatic rings. The Morgan fingerprint density at radius 3 is 2.71 bits per heavy atom. The number of nitrogen functional groups attached to an aromatic ring is 2. The van der Waals surface area contributed by atoms with Gasteiger partial charge in [0.25, 0.3) is 0 Å². The zero-order chi connectivity index (χ0) is 12.8. The largest absolute Gasteiger partial charge is 0.495 e. The summed E-state index contributed by atoms with van der Waals surface area (Å²) in [6, 6.07) is 3.49. The standard InChI is InChI=1S/C11H17N3O2S/c1-7(15)14-3-4-17-11-6-10(16-2)8(12)5-9(11)13/h5-6H,3-4,12-13H2,1-2H3,(H,14,15). The lowest BCUT2D eigenvalue weighted by atomic mass is 10.2. The van der Waals surface area contributed by atoms with E-state index in [0.717, 1.165) is 10.6 Å². The van der Waals surface area contributed by atoms with Gasteiger partial charge in [-0.3, -0.25) is 4.79 Å². The smallest absolute Gasteiger partial charge is 0.216 e. The van der Waals surface area contributed by atoms with Gasteiger partial charge in [0.15, 0.2) is 0 Å². The van der Waals surface area contributed by atoms with Gasteiger partial charge in [-0.1, -0.05) is 0 Å². The normalized spacial score (nSPS) is 10.0. The van der Waals surface area contributed by atoms with Crippen LogP contribution in [0.3, 0.4) is 0 Å². The van der Waals surface area contributed by atoms with Gasteiger partial charge < -0.3 is 21.5 Å².